The molecule has 2 heteroatoms. The molecule has 0 fully saturated rings. The van der Waals surface area contributed by atoms with Crippen LogP contribution in [0, 0.1) is 0 Å². The van der Waals surface area contributed by atoms with Gasteiger partial charge < -0.3 is 9.47 Å². The fourth-order valence-electron chi connectivity index (χ4n) is 10.9. The second kappa shape index (κ2) is 13.9. The van der Waals surface area contributed by atoms with Crippen molar-refractivity contribution >= 4 is 38.9 Å². The molecule has 2 heterocycles. The number of hydrogen-bond donors (Lipinski definition) is 0. The summed E-state index contributed by atoms with van der Waals surface area (Å²) in [5.41, 5.74) is 21.5. The maximum Gasteiger partial charge on any atom is 0.0754 e. The van der Waals surface area contributed by atoms with E-state index in [9.17, 15) is 0 Å². The first-order valence-electron chi connectivity index (χ1n) is 21.8. The van der Waals surface area contributed by atoms with Crippen LogP contribution in [-0.4, -0.2) is 4.57 Å². The quantitative estimate of drug-likeness (QED) is 0.163. The highest BCUT2D eigenvalue weighted by Crippen LogP contribution is 2.61. The number of aromatic nitrogens is 1. The van der Waals surface area contributed by atoms with Crippen molar-refractivity contribution in [2.75, 3.05) is 4.90 Å². The van der Waals surface area contributed by atoms with Gasteiger partial charge in [0.1, 0.15) is 0 Å². The van der Waals surface area contributed by atoms with E-state index in [0.29, 0.717) is 0 Å². The zero-order valence-corrected chi connectivity index (χ0v) is 34.5. The molecule has 0 bridgehead atoms. The summed E-state index contributed by atoms with van der Waals surface area (Å²) >= 11 is 0. The predicted molar refractivity (Wildman–Crippen MR) is 263 cm³/mol. The molecule has 0 saturated heterocycles. The maximum absolute atomic E-state index is 2.51. The Balaban J connectivity index is 1.04. The Labute approximate surface area is 367 Å². The summed E-state index contributed by atoms with van der Waals surface area (Å²) in [4.78, 5) is 2.45. The molecule has 2 aliphatic rings. The molecule has 10 aromatic carbocycles. The highest BCUT2D eigenvalue weighted by atomic mass is 15.1. The van der Waals surface area contributed by atoms with Gasteiger partial charge in [-0.25, -0.2) is 0 Å². The summed E-state index contributed by atoms with van der Waals surface area (Å²) in [6.07, 6.45) is 0. The number of fused-ring (bicyclic) bond motifs is 12. The molecule has 0 amide bonds. The van der Waals surface area contributed by atoms with Gasteiger partial charge in [-0.1, -0.05) is 200 Å². The van der Waals surface area contributed by atoms with E-state index < -0.39 is 5.41 Å². The van der Waals surface area contributed by atoms with Crippen LogP contribution in [0.25, 0.3) is 72.0 Å². The van der Waals surface area contributed by atoms with E-state index >= 15 is 0 Å². The molecule has 63 heavy (non-hydrogen) atoms. The predicted octanol–water partition coefficient (Wildman–Crippen LogP) is 15.9. The fourth-order valence-corrected chi connectivity index (χ4v) is 10.9. The van der Waals surface area contributed by atoms with E-state index in [2.05, 4.69) is 252 Å². The smallest absolute Gasteiger partial charge is 0.0754 e. The Morgan fingerprint density at radius 2 is 0.841 bits per heavy atom. The van der Waals surface area contributed by atoms with Crippen molar-refractivity contribution in [1.29, 1.82) is 0 Å². The first-order valence-corrected chi connectivity index (χ1v) is 21.8. The van der Waals surface area contributed by atoms with Gasteiger partial charge in [-0.3, -0.25) is 0 Å². The van der Waals surface area contributed by atoms with Gasteiger partial charge in [0.15, 0.2) is 0 Å². The molecule has 2 nitrogen and oxygen atoms in total. The van der Waals surface area contributed by atoms with Crippen LogP contribution in [0.5, 0.6) is 0 Å². The molecular formula is C61H40N2. The van der Waals surface area contributed by atoms with Crippen molar-refractivity contribution in [2.45, 2.75) is 5.41 Å². The summed E-state index contributed by atoms with van der Waals surface area (Å²) in [5.74, 6) is 0. The van der Waals surface area contributed by atoms with E-state index in [0.717, 1.165) is 17.1 Å². The summed E-state index contributed by atoms with van der Waals surface area (Å²) in [7, 11) is 0. The average Bonchev–Trinajstić information content (AvgIpc) is 3.85. The molecule has 0 saturated carbocycles. The minimum atomic E-state index is -0.508. The lowest BCUT2D eigenvalue weighted by Gasteiger charge is -2.39. The normalized spacial score (nSPS) is 14.4. The first-order chi connectivity index (χ1) is 31.3. The molecule has 1 unspecified atom stereocenters. The topological polar surface area (TPSA) is 8.17 Å². The molecule has 11 aromatic rings. The lowest BCUT2D eigenvalue weighted by molar-refractivity contribution is 0.748. The zero-order chi connectivity index (χ0) is 41.5. The van der Waals surface area contributed by atoms with Gasteiger partial charge in [0.2, 0.25) is 0 Å². The third kappa shape index (κ3) is 5.19. The molecule has 294 valence electrons. The third-order valence-corrected chi connectivity index (χ3v) is 13.6. The Kier molecular flexibility index (Phi) is 7.85. The molecule has 1 aromatic heterocycles. The largest absolute Gasteiger partial charge is 0.310 e. The average molecular weight is 801 g/mol. The van der Waals surface area contributed by atoms with Crippen molar-refractivity contribution in [2.24, 2.45) is 0 Å². The van der Waals surface area contributed by atoms with Gasteiger partial charge >= 0.3 is 0 Å². The minimum absolute atomic E-state index is 0.508. The Hall–Kier alpha value is -8.20. The van der Waals surface area contributed by atoms with Crippen LogP contribution in [0.15, 0.2) is 243 Å². The van der Waals surface area contributed by atoms with E-state index in [4.69, 9.17) is 0 Å². The number of rotatable bonds is 6. The van der Waals surface area contributed by atoms with Crippen LogP contribution >= 0.6 is 0 Å². The lowest BCUT2D eigenvalue weighted by atomic mass is 9.65. The highest BCUT2D eigenvalue weighted by Gasteiger charge is 2.50. The number of benzene rings is 10. The molecule has 0 radical (unpaired) electrons. The number of para-hydroxylation sites is 4. The van der Waals surface area contributed by atoms with Crippen LogP contribution in [0.2, 0.25) is 0 Å². The van der Waals surface area contributed by atoms with Gasteiger partial charge in [-0.05, 0) is 104 Å². The maximum atomic E-state index is 2.51. The summed E-state index contributed by atoms with van der Waals surface area (Å²) < 4.78 is 2.51. The molecule has 1 spiro atoms. The second-order valence-electron chi connectivity index (χ2n) is 16.8. The van der Waals surface area contributed by atoms with Crippen molar-refractivity contribution < 1.29 is 0 Å². The number of anilines is 3. The minimum Gasteiger partial charge on any atom is -0.310 e. The molecular weight excluding hydrogens is 761 g/mol. The van der Waals surface area contributed by atoms with Gasteiger partial charge in [0.05, 0.1) is 27.8 Å². The van der Waals surface area contributed by atoms with E-state index in [-0.39, 0.29) is 0 Å². The highest BCUT2D eigenvalue weighted by molar-refractivity contribution is 6.13. The Bertz CT molecular complexity index is 3550. The summed E-state index contributed by atoms with van der Waals surface area (Å²) in [6.45, 7) is 0. The van der Waals surface area contributed by atoms with Crippen LogP contribution < -0.4 is 4.90 Å². The Morgan fingerprint density at radius 1 is 0.317 bits per heavy atom. The van der Waals surface area contributed by atoms with E-state index in [1.165, 1.54) is 94.3 Å². The van der Waals surface area contributed by atoms with Crippen molar-refractivity contribution in [3.63, 3.8) is 0 Å². The molecule has 1 atom stereocenters. The number of nitrogens with zero attached hydrogens (tertiary/aromatic N) is 2. The standard InChI is InChI=1S/C61H40N2/c1-3-16-41(17-4-1)43-30-32-45(33-31-43)48-20-8-12-27-57(48)62(46-36-34-44(35-37-46)42-18-5-2-6-19-42)47-38-39-54-52(40-47)49-21-7-10-24-53(49)61(54)55-25-11-14-29-59(55)63-58-28-13-9-22-50(58)51-23-15-26-56(61)60(51)63/h1-40H. The lowest BCUT2D eigenvalue weighted by Crippen LogP contribution is -2.33. The second-order valence-corrected chi connectivity index (χ2v) is 16.8. The van der Waals surface area contributed by atoms with Gasteiger partial charge in [0.25, 0.3) is 0 Å². The van der Waals surface area contributed by atoms with Crippen LogP contribution in [0.3, 0.4) is 0 Å². The van der Waals surface area contributed by atoms with Gasteiger partial charge in [-0.2, -0.15) is 0 Å². The summed E-state index contributed by atoms with van der Waals surface area (Å²) in [6, 6.07) is 89.5. The molecule has 1 aliphatic heterocycles. The van der Waals surface area contributed by atoms with E-state index in [1.807, 2.05) is 0 Å². The third-order valence-electron chi connectivity index (χ3n) is 13.6. The van der Waals surface area contributed by atoms with Crippen LogP contribution in [0.4, 0.5) is 17.1 Å². The van der Waals surface area contributed by atoms with Crippen molar-refractivity contribution in [1.82, 2.24) is 4.57 Å². The number of hydrogen-bond acceptors (Lipinski definition) is 1. The fraction of sp³-hybridized carbons (Fsp3) is 0.0164. The van der Waals surface area contributed by atoms with Crippen molar-refractivity contribution in [3.05, 3.63) is 265 Å². The molecule has 13 rings (SSSR count). The van der Waals surface area contributed by atoms with Gasteiger partial charge in [0, 0.05) is 27.7 Å². The van der Waals surface area contributed by atoms with E-state index in [1.54, 1.807) is 0 Å². The van der Waals surface area contributed by atoms with Crippen LogP contribution in [0.1, 0.15) is 22.3 Å². The Morgan fingerprint density at radius 3 is 1.60 bits per heavy atom. The molecule has 0 N–H and O–H groups in total. The van der Waals surface area contributed by atoms with Crippen molar-refractivity contribution in [3.8, 4) is 50.2 Å². The zero-order valence-electron chi connectivity index (χ0n) is 34.5. The van der Waals surface area contributed by atoms with Gasteiger partial charge in [-0.15, -0.1) is 0 Å². The van der Waals surface area contributed by atoms with Crippen LogP contribution in [-0.2, 0) is 5.41 Å². The monoisotopic (exact) mass is 800 g/mol. The SMILES string of the molecule is c1ccc(-c2ccc(-c3ccccc3N(c3ccc(-c4ccccc4)cc3)c3ccc4c(c3)-c3ccccc3C43c4ccccc4-n4c5ccccc5c5cccc3c54)cc2)cc1. The first kappa shape index (κ1) is 35.5. The summed E-state index contributed by atoms with van der Waals surface area (Å²) in [5, 5.41) is 2.57. The molecule has 1 aliphatic carbocycles.